The Hall–Kier alpha value is -1.59. The van der Waals surface area contributed by atoms with E-state index in [1.165, 1.54) is 5.56 Å². The summed E-state index contributed by atoms with van der Waals surface area (Å²) in [4.78, 5) is 2.47. The minimum Gasteiger partial charge on any atom is -0.457 e. The number of rotatable bonds is 6. The number of halogens is 1. The summed E-state index contributed by atoms with van der Waals surface area (Å²) in [5.41, 5.74) is 0.956. The Morgan fingerprint density at radius 3 is 2.35 bits per heavy atom. The molecule has 0 spiro atoms. The number of para-hydroxylation sites is 1. The van der Waals surface area contributed by atoms with Crippen molar-refractivity contribution in [3.05, 3.63) is 60.2 Å². The van der Waals surface area contributed by atoms with Crippen LogP contribution in [0, 0.1) is 5.41 Å². The monoisotopic (exact) mass is 376 g/mol. The van der Waals surface area contributed by atoms with Crippen molar-refractivity contribution in [3.8, 4) is 11.5 Å². The smallest absolute Gasteiger partial charge is 0.127 e. The molecule has 1 aliphatic heterocycles. The molecular formula is C21H29ClN2O2. The van der Waals surface area contributed by atoms with Gasteiger partial charge in [-0.1, -0.05) is 44.2 Å². The van der Waals surface area contributed by atoms with Crippen LogP contribution < -0.4 is 10.1 Å². The number of hydrogen-bond donors (Lipinski definition) is 2. The Balaban J connectivity index is 0.00000243. The van der Waals surface area contributed by atoms with Gasteiger partial charge in [0.25, 0.3) is 0 Å². The van der Waals surface area contributed by atoms with Crippen LogP contribution >= 0.6 is 12.4 Å². The standard InChI is InChI=1S/C21H28N2O2.ClH/c1-21(2,16-24)20(23-13-11-22-12-14-23)17-7-6-10-19(15-17)25-18-8-4-3-5-9-18;/h3-10,15,20,22,24H,11-14,16H2,1-2H3;1H/t20-;/m0./s1. The highest BCUT2D eigenvalue weighted by Gasteiger charge is 2.35. The molecule has 5 heteroatoms. The van der Waals surface area contributed by atoms with Gasteiger partial charge in [0.15, 0.2) is 0 Å². The van der Waals surface area contributed by atoms with Gasteiger partial charge in [0.2, 0.25) is 0 Å². The Morgan fingerprint density at radius 2 is 1.69 bits per heavy atom. The highest BCUT2D eigenvalue weighted by Crippen LogP contribution is 2.39. The molecule has 1 atom stereocenters. The van der Waals surface area contributed by atoms with Gasteiger partial charge in [0.05, 0.1) is 0 Å². The summed E-state index contributed by atoms with van der Waals surface area (Å²) in [5, 5.41) is 13.4. The fraction of sp³-hybridized carbons (Fsp3) is 0.429. The number of ether oxygens (including phenoxy) is 1. The third-order valence-corrected chi connectivity index (χ3v) is 4.82. The average Bonchev–Trinajstić information content (AvgIpc) is 2.64. The number of aliphatic hydroxyl groups excluding tert-OH is 1. The normalized spacial score (nSPS) is 16.6. The van der Waals surface area contributed by atoms with Gasteiger partial charge in [-0.05, 0) is 29.8 Å². The second-order valence-corrected chi connectivity index (χ2v) is 7.32. The Bertz CT molecular complexity index is 673. The maximum Gasteiger partial charge on any atom is 0.127 e. The molecule has 0 amide bonds. The summed E-state index contributed by atoms with van der Waals surface area (Å²) in [6, 6.07) is 18.3. The van der Waals surface area contributed by atoms with E-state index >= 15 is 0 Å². The molecule has 2 N–H and O–H groups in total. The van der Waals surface area contributed by atoms with E-state index in [1.54, 1.807) is 0 Å². The van der Waals surface area contributed by atoms with Gasteiger partial charge in [0.1, 0.15) is 11.5 Å². The van der Waals surface area contributed by atoms with Crippen molar-refractivity contribution in [3.63, 3.8) is 0 Å². The zero-order valence-electron chi connectivity index (χ0n) is 15.5. The molecule has 1 aliphatic rings. The molecule has 0 saturated carbocycles. The summed E-state index contributed by atoms with van der Waals surface area (Å²) in [5.74, 6) is 1.66. The summed E-state index contributed by atoms with van der Waals surface area (Å²) in [6.45, 7) is 8.34. The zero-order valence-corrected chi connectivity index (χ0v) is 16.3. The lowest BCUT2D eigenvalue weighted by molar-refractivity contribution is 0.0304. The van der Waals surface area contributed by atoms with Crippen molar-refractivity contribution in [2.24, 2.45) is 5.41 Å². The van der Waals surface area contributed by atoms with E-state index in [4.69, 9.17) is 4.74 Å². The zero-order chi connectivity index (χ0) is 17.7. The van der Waals surface area contributed by atoms with Gasteiger partial charge in [-0.3, -0.25) is 4.90 Å². The molecule has 1 fully saturated rings. The Kier molecular flexibility index (Phi) is 7.47. The van der Waals surface area contributed by atoms with E-state index in [2.05, 4.69) is 36.2 Å². The van der Waals surface area contributed by atoms with Crippen molar-refractivity contribution in [1.82, 2.24) is 10.2 Å². The molecule has 0 aliphatic carbocycles. The first-order valence-electron chi connectivity index (χ1n) is 8.99. The van der Waals surface area contributed by atoms with E-state index < -0.39 is 0 Å². The molecule has 0 bridgehead atoms. The molecule has 0 aromatic heterocycles. The molecule has 0 unspecified atom stereocenters. The number of piperazine rings is 1. The molecule has 4 nitrogen and oxygen atoms in total. The van der Waals surface area contributed by atoms with E-state index in [0.29, 0.717) is 0 Å². The molecule has 142 valence electrons. The largest absolute Gasteiger partial charge is 0.457 e. The van der Waals surface area contributed by atoms with Gasteiger partial charge in [-0.25, -0.2) is 0 Å². The van der Waals surface area contributed by atoms with Gasteiger partial charge >= 0.3 is 0 Å². The van der Waals surface area contributed by atoms with Gasteiger partial charge in [-0.2, -0.15) is 0 Å². The summed E-state index contributed by atoms with van der Waals surface area (Å²) < 4.78 is 6.01. The third-order valence-electron chi connectivity index (χ3n) is 4.82. The molecule has 1 saturated heterocycles. The predicted molar refractivity (Wildman–Crippen MR) is 108 cm³/mol. The average molecular weight is 377 g/mol. The highest BCUT2D eigenvalue weighted by atomic mass is 35.5. The summed E-state index contributed by atoms with van der Waals surface area (Å²) >= 11 is 0. The second kappa shape index (κ2) is 9.38. The Morgan fingerprint density at radius 1 is 1.04 bits per heavy atom. The number of benzene rings is 2. The van der Waals surface area contributed by atoms with Crippen LogP contribution in [0.1, 0.15) is 25.5 Å². The lowest BCUT2D eigenvalue weighted by atomic mass is 9.79. The van der Waals surface area contributed by atoms with Crippen molar-refractivity contribution >= 4 is 12.4 Å². The molecule has 3 rings (SSSR count). The van der Waals surface area contributed by atoms with E-state index in [-0.39, 0.29) is 30.5 Å². The van der Waals surface area contributed by atoms with Crippen LogP contribution in [0.5, 0.6) is 11.5 Å². The van der Waals surface area contributed by atoms with Gasteiger partial charge in [-0.15, -0.1) is 12.4 Å². The molecule has 2 aromatic carbocycles. The van der Waals surface area contributed by atoms with Crippen molar-refractivity contribution in [2.45, 2.75) is 19.9 Å². The molecule has 0 radical (unpaired) electrons. The number of nitrogens with one attached hydrogen (secondary N) is 1. The summed E-state index contributed by atoms with van der Waals surface area (Å²) in [6.07, 6.45) is 0. The van der Waals surface area contributed by atoms with Crippen LogP contribution in [0.25, 0.3) is 0 Å². The van der Waals surface area contributed by atoms with Crippen LogP contribution in [0.3, 0.4) is 0 Å². The lowest BCUT2D eigenvalue weighted by Crippen LogP contribution is -2.49. The maximum atomic E-state index is 9.99. The Labute approximate surface area is 162 Å². The van der Waals surface area contributed by atoms with Gasteiger partial charge < -0.3 is 15.2 Å². The van der Waals surface area contributed by atoms with Crippen molar-refractivity contribution in [2.75, 3.05) is 32.8 Å². The molecule has 2 aromatic rings. The third kappa shape index (κ3) is 4.98. The van der Waals surface area contributed by atoms with Crippen LogP contribution in [0.2, 0.25) is 0 Å². The van der Waals surface area contributed by atoms with Crippen molar-refractivity contribution < 1.29 is 9.84 Å². The van der Waals surface area contributed by atoms with E-state index in [0.717, 1.165) is 37.7 Å². The summed E-state index contributed by atoms with van der Waals surface area (Å²) in [7, 11) is 0. The van der Waals surface area contributed by atoms with Crippen LogP contribution in [0.4, 0.5) is 0 Å². The number of aliphatic hydroxyl groups is 1. The fourth-order valence-corrected chi connectivity index (χ4v) is 3.56. The molecule has 1 heterocycles. The minimum atomic E-state index is -0.233. The first kappa shape index (κ1) is 20.7. The highest BCUT2D eigenvalue weighted by molar-refractivity contribution is 5.85. The predicted octanol–water partition coefficient (Wildman–Crippen LogP) is 3.87. The molecular weight excluding hydrogens is 348 g/mol. The first-order chi connectivity index (χ1) is 12.1. The second-order valence-electron chi connectivity index (χ2n) is 7.32. The maximum absolute atomic E-state index is 9.99. The van der Waals surface area contributed by atoms with Crippen molar-refractivity contribution in [1.29, 1.82) is 0 Å². The SMILES string of the molecule is CC(C)(CO)[C@H](c1cccc(Oc2ccccc2)c1)N1CCNCC1.Cl. The topological polar surface area (TPSA) is 44.7 Å². The fourth-order valence-electron chi connectivity index (χ4n) is 3.56. The lowest BCUT2D eigenvalue weighted by Gasteiger charge is -2.43. The van der Waals surface area contributed by atoms with Crippen LogP contribution in [-0.4, -0.2) is 42.8 Å². The number of hydrogen-bond acceptors (Lipinski definition) is 4. The van der Waals surface area contributed by atoms with Gasteiger partial charge in [0, 0.05) is 44.2 Å². The van der Waals surface area contributed by atoms with Crippen LogP contribution in [0.15, 0.2) is 54.6 Å². The number of nitrogens with zero attached hydrogens (tertiary/aromatic N) is 1. The van der Waals surface area contributed by atoms with Crippen LogP contribution in [-0.2, 0) is 0 Å². The molecule has 26 heavy (non-hydrogen) atoms. The first-order valence-corrected chi connectivity index (χ1v) is 8.99. The van der Waals surface area contributed by atoms with E-state index in [1.807, 2.05) is 42.5 Å². The minimum absolute atomic E-state index is 0. The van der Waals surface area contributed by atoms with E-state index in [9.17, 15) is 5.11 Å². The quantitative estimate of drug-likeness (QED) is 0.803.